The van der Waals surface area contributed by atoms with Gasteiger partial charge in [-0.3, -0.25) is 9.59 Å². The molecule has 0 aliphatic heterocycles. The number of quaternary nitrogens is 1. The third kappa shape index (κ3) is 5.63. The summed E-state index contributed by atoms with van der Waals surface area (Å²) in [4.78, 5) is 25.7. The Kier molecular flexibility index (Phi) is 6.41. The lowest BCUT2D eigenvalue weighted by atomic mass is 10.1. The second kappa shape index (κ2) is 8.97. The number of benzene rings is 2. The molecule has 3 rings (SSSR count). The average Bonchev–Trinajstić information content (AvgIpc) is 3.50. The number of hydrogen-bond acceptors (Lipinski definition) is 2. The van der Waals surface area contributed by atoms with Crippen molar-refractivity contribution < 1.29 is 18.9 Å². The molecule has 3 N–H and O–H groups in total. The van der Waals surface area contributed by atoms with Crippen molar-refractivity contribution in [2.45, 2.75) is 39.3 Å². The van der Waals surface area contributed by atoms with E-state index in [9.17, 15) is 14.0 Å². The van der Waals surface area contributed by atoms with Crippen LogP contribution in [0.4, 0.5) is 10.1 Å². The van der Waals surface area contributed by atoms with E-state index in [4.69, 9.17) is 0 Å². The van der Waals surface area contributed by atoms with E-state index in [2.05, 4.69) is 10.6 Å². The number of hydrogen-bond donors (Lipinski definition) is 3. The minimum absolute atomic E-state index is 0.0549. The van der Waals surface area contributed by atoms with Crippen molar-refractivity contribution in [1.82, 2.24) is 5.32 Å². The van der Waals surface area contributed by atoms with Gasteiger partial charge in [0.2, 0.25) is 5.91 Å². The lowest BCUT2D eigenvalue weighted by Gasteiger charge is -2.19. The van der Waals surface area contributed by atoms with Gasteiger partial charge in [-0.1, -0.05) is 24.3 Å². The lowest BCUT2D eigenvalue weighted by molar-refractivity contribution is -0.917. The summed E-state index contributed by atoms with van der Waals surface area (Å²) < 4.78 is 13.1. The minimum atomic E-state index is -0.260. The van der Waals surface area contributed by atoms with Crippen molar-refractivity contribution in [2.75, 3.05) is 18.4 Å². The van der Waals surface area contributed by atoms with E-state index >= 15 is 0 Å². The molecule has 0 spiro atoms. The summed E-state index contributed by atoms with van der Waals surface area (Å²) in [7, 11) is 0. The zero-order valence-electron chi connectivity index (χ0n) is 16.3. The highest BCUT2D eigenvalue weighted by molar-refractivity contribution is 5.95. The predicted molar refractivity (Wildman–Crippen MR) is 107 cm³/mol. The van der Waals surface area contributed by atoms with Crippen molar-refractivity contribution >= 4 is 17.5 Å². The van der Waals surface area contributed by atoms with Crippen LogP contribution < -0.4 is 15.5 Å². The molecule has 1 fully saturated rings. The van der Waals surface area contributed by atoms with Crippen LogP contribution in [-0.2, 0) is 16.1 Å². The van der Waals surface area contributed by atoms with Crippen molar-refractivity contribution in [3.63, 3.8) is 0 Å². The van der Waals surface area contributed by atoms with Gasteiger partial charge in [0.15, 0.2) is 6.54 Å². The van der Waals surface area contributed by atoms with Gasteiger partial charge in [0.25, 0.3) is 5.91 Å². The van der Waals surface area contributed by atoms with E-state index in [0.29, 0.717) is 19.1 Å². The van der Waals surface area contributed by atoms with Crippen LogP contribution in [0.15, 0.2) is 42.5 Å². The molecule has 0 heterocycles. The minimum Gasteiger partial charge on any atom is -0.342 e. The zero-order valence-corrected chi connectivity index (χ0v) is 16.3. The molecule has 1 saturated carbocycles. The van der Waals surface area contributed by atoms with Crippen LogP contribution in [0.1, 0.15) is 29.5 Å². The van der Waals surface area contributed by atoms with Gasteiger partial charge in [0.1, 0.15) is 12.4 Å². The van der Waals surface area contributed by atoms with Crippen LogP contribution in [0, 0.1) is 19.7 Å². The molecule has 2 amide bonds. The Labute approximate surface area is 164 Å². The maximum Gasteiger partial charge on any atom is 0.275 e. The maximum absolute atomic E-state index is 13.1. The van der Waals surface area contributed by atoms with E-state index in [-0.39, 0.29) is 24.2 Å². The fourth-order valence-corrected chi connectivity index (χ4v) is 3.24. The van der Waals surface area contributed by atoms with Gasteiger partial charge in [-0.25, -0.2) is 4.39 Å². The van der Waals surface area contributed by atoms with Gasteiger partial charge < -0.3 is 15.5 Å². The maximum atomic E-state index is 13.1. The van der Waals surface area contributed by atoms with Gasteiger partial charge in [-0.15, -0.1) is 0 Å². The molecule has 1 atom stereocenters. The summed E-state index contributed by atoms with van der Waals surface area (Å²) in [5.74, 6) is -0.655. The Balaban J connectivity index is 1.48. The first kappa shape index (κ1) is 20.0. The second-order valence-electron chi connectivity index (χ2n) is 7.48. The van der Waals surface area contributed by atoms with Gasteiger partial charge in [0.05, 0.1) is 12.6 Å². The van der Waals surface area contributed by atoms with Crippen LogP contribution in [0.3, 0.4) is 0 Å². The Hall–Kier alpha value is -2.73. The number of nitrogens with one attached hydrogen (secondary N) is 3. The Morgan fingerprint density at radius 1 is 1.07 bits per heavy atom. The number of carbonyl (C=O) groups excluding carboxylic acids is 2. The van der Waals surface area contributed by atoms with Crippen molar-refractivity contribution in [3.8, 4) is 0 Å². The van der Waals surface area contributed by atoms with Crippen LogP contribution in [0.2, 0.25) is 0 Å². The number of halogens is 1. The number of amides is 2. The highest BCUT2D eigenvalue weighted by Gasteiger charge is 2.34. The van der Waals surface area contributed by atoms with Gasteiger partial charge >= 0.3 is 0 Å². The summed E-state index contributed by atoms with van der Waals surface area (Å²) in [6.07, 6.45) is 2.19. The molecule has 1 aliphatic carbocycles. The Bertz CT molecular complexity index is 847. The van der Waals surface area contributed by atoms with E-state index in [1.54, 1.807) is 12.1 Å². The quantitative estimate of drug-likeness (QED) is 0.649. The van der Waals surface area contributed by atoms with Crippen LogP contribution in [-0.4, -0.2) is 30.9 Å². The summed E-state index contributed by atoms with van der Waals surface area (Å²) in [6.45, 7) is 4.87. The monoisotopic (exact) mass is 384 g/mol. The highest BCUT2D eigenvalue weighted by Crippen LogP contribution is 2.17. The van der Waals surface area contributed by atoms with E-state index in [0.717, 1.165) is 40.1 Å². The van der Waals surface area contributed by atoms with Crippen LogP contribution >= 0.6 is 0 Å². The fraction of sp³-hybridized carbons (Fsp3) is 0.364. The molecule has 2 aromatic carbocycles. The van der Waals surface area contributed by atoms with Gasteiger partial charge in [-0.2, -0.15) is 0 Å². The Morgan fingerprint density at radius 2 is 1.79 bits per heavy atom. The summed E-state index contributed by atoms with van der Waals surface area (Å²) >= 11 is 0. The fourth-order valence-electron chi connectivity index (χ4n) is 3.24. The molecule has 0 bridgehead atoms. The molecular formula is C22H27FN3O2+. The standard InChI is InChI=1S/C22H26FN3O2/c1-15-4-3-5-20(16(15)2)25-21(27)12-24-22(28)14-26(19-10-11-19)13-17-6-8-18(23)9-7-17/h3-9,19H,10-14H2,1-2H3,(H,24,28)(H,25,27)/p+1. The molecule has 148 valence electrons. The topological polar surface area (TPSA) is 62.6 Å². The molecule has 5 nitrogen and oxygen atoms in total. The number of aryl methyl sites for hydroxylation is 1. The summed E-state index contributed by atoms with van der Waals surface area (Å²) in [5, 5.41) is 5.56. The van der Waals surface area contributed by atoms with E-state index in [1.165, 1.54) is 12.1 Å². The van der Waals surface area contributed by atoms with Crippen LogP contribution in [0.25, 0.3) is 0 Å². The van der Waals surface area contributed by atoms with Crippen molar-refractivity contribution in [2.24, 2.45) is 0 Å². The Morgan fingerprint density at radius 3 is 2.46 bits per heavy atom. The zero-order chi connectivity index (χ0) is 20.1. The second-order valence-corrected chi connectivity index (χ2v) is 7.48. The van der Waals surface area contributed by atoms with Gasteiger partial charge in [-0.05, 0) is 43.2 Å². The molecule has 1 unspecified atom stereocenters. The smallest absolute Gasteiger partial charge is 0.275 e. The molecule has 28 heavy (non-hydrogen) atoms. The van der Waals surface area contributed by atoms with Crippen LogP contribution in [0.5, 0.6) is 0 Å². The van der Waals surface area contributed by atoms with Gasteiger partial charge in [0, 0.05) is 24.1 Å². The first-order valence-electron chi connectivity index (χ1n) is 9.64. The number of anilines is 1. The molecule has 0 aromatic heterocycles. The van der Waals surface area contributed by atoms with E-state index < -0.39 is 0 Å². The van der Waals surface area contributed by atoms with Crippen molar-refractivity contribution in [1.29, 1.82) is 0 Å². The summed E-state index contributed by atoms with van der Waals surface area (Å²) in [6, 6.07) is 12.6. The first-order chi connectivity index (χ1) is 13.4. The molecule has 6 heteroatoms. The van der Waals surface area contributed by atoms with Crippen molar-refractivity contribution in [3.05, 3.63) is 65.0 Å². The molecular weight excluding hydrogens is 357 g/mol. The molecule has 0 saturated heterocycles. The normalized spacial score (nSPS) is 14.4. The highest BCUT2D eigenvalue weighted by atomic mass is 19.1. The molecule has 2 aromatic rings. The molecule has 1 aliphatic rings. The largest absolute Gasteiger partial charge is 0.342 e. The SMILES string of the molecule is Cc1cccc(NC(=O)CNC(=O)C[NH+](Cc2ccc(F)cc2)C2CC2)c1C. The number of carbonyl (C=O) groups is 2. The summed E-state index contributed by atoms with van der Waals surface area (Å²) in [5.41, 5.74) is 3.89. The average molecular weight is 384 g/mol. The third-order valence-electron chi connectivity index (χ3n) is 5.21. The number of rotatable bonds is 8. The molecule has 0 radical (unpaired) electrons. The predicted octanol–water partition coefficient (Wildman–Crippen LogP) is 1.74. The third-order valence-corrected chi connectivity index (χ3v) is 5.21. The van der Waals surface area contributed by atoms with E-state index in [1.807, 2.05) is 32.0 Å². The first-order valence-corrected chi connectivity index (χ1v) is 9.64. The lowest BCUT2D eigenvalue weighted by Crippen LogP contribution is -3.13.